The van der Waals surface area contributed by atoms with E-state index in [0.29, 0.717) is 11.6 Å². The molecule has 5 aromatic carbocycles. The van der Waals surface area contributed by atoms with Crippen LogP contribution in [-0.2, 0) is 12.8 Å². The normalized spacial score (nSPS) is 12.3. The van der Waals surface area contributed by atoms with E-state index in [0.717, 1.165) is 95.9 Å². The Balaban J connectivity index is 1.25. The molecule has 0 radical (unpaired) electrons. The van der Waals surface area contributed by atoms with Gasteiger partial charge in [0.15, 0.2) is 0 Å². The third-order valence-electron chi connectivity index (χ3n) is 10.4. The minimum Gasteiger partial charge on any atom is -0.456 e. The summed E-state index contributed by atoms with van der Waals surface area (Å²) in [7, 11) is 0. The van der Waals surface area contributed by atoms with Gasteiger partial charge in [0.2, 0.25) is 5.88 Å². The molecule has 56 heavy (non-hydrogen) atoms. The SMILES string of the molecule is Cc1c(-c2cc(Oc3cccc(-c4ccccn4)c3)nc(-c3cc4ccccc4c4c3oc3cc(CC(C)(C)C)ccc34)c2)oc2cc(CC(C)(C)C)ccc12. The van der Waals surface area contributed by atoms with E-state index in [1.165, 1.54) is 11.1 Å². The highest BCUT2D eigenvalue weighted by atomic mass is 16.5. The maximum Gasteiger partial charge on any atom is 0.220 e. The Morgan fingerprint density at radius 3 is 2.04 bits per heavy atom. The third kappa shape index (κ3) is 6.94. The van der Waals surface area contributed by atoms with Gasteiger partial charge in [0.1, 0.15) is 28.3 Å². The minimum atomic E-state index is 0.151. The highest BCUT2D eigenvalue weighted by Gasteiger charge is 2.22. The standard InChI is InChI=1S/C51H46N2O3/c1-31-38-20-18-32(29-50(2,3)4)23-44(38)55-48(31)36-27-43(53-46(28-36)54-37-15-12-14-35(25-37)42-17-10-11-22-52-42)41-26-34-13-8-9-16-39(34)47-40-21-19-33(30-51(5,6)7)24-45(40)56-49(41)47/h8-28H,29-30H2,1-7H3. The summed E-state index contributed by atoms with van der Waals surface area (Å²) < 4.78 is 20.3. The molecule has 0 fully saturated rings. The number of furan rings is 2. The van der Waals surface area contributed by atoms with E-state index in [4.69, 9.17) is 18.6 Å². The summed E-state index contributed by atoms with van der Waals surface area (Å²) >= 11 is 0. The number of hydrogen-bond acceptors (Lipinski definition) is 5. The van der Waals surface area contributed by atoms with Crippen molar-refractivity contribution >= 4 is 43.7 Å². The molecule has 9 aromatic rings. The average molecular weight is 735 g/mol. The van der Waals surface area contributed by atoms with Crippen LogP contribution in [0.3, 0.4) is 0 Å². The van der Waals surface area contributed by atoms with Gasteiger partial charge in [0.05, 0.1) is 11.4 Å². The molecule has 0 N–H and O–H groups in total. The molecule has 0 saturated heterocycles. The van der Waals surface area contributed by atoms with Gasteiger partial charge >= 0.3 is 0 Å². The molecule has 5 nitrogen and oxygen atoms in total. The topological polar surface area (TPSA) is 61.3 Å². The number of ether oxygens (including phenoxy) is 1. The van der Waals surface area contributed by atoms with Crippen molar-refractivity contribution in [3.05, 3.63) is 144 Å². The Kier molecular flexibility index (Phi) is 8.57. The second-order valence-corrected chi connectivity index (χ2v) is 17.6. The van der Waals surface area contributed by atoms with Crippen molar-refractivity contribution in [2.75, 3.05) is 0 Å². The molecule has 4 aromatic heterocycles. The van der Waals surface area contributed by atoms with Crippen molar-refractivity contribution in [1.29, 1.82) is 0 Å². The summed E-state index contributed by atoms with van der Waals surface area (Å²) in [6, 6.07) is 42.0. The molecular formula is C51H46N2O3. The number of fused-ring (bicyclic) bond motifs is 6. The zero-order chi connectivity index (χ0) is 38.8. The van der Waals surface area contributed by atoms with E-state index in [9.17, 15) is 0 Å². The Labute approximate surface area is 328 Å². The highest BCUT2D eigenvalue weighted by molar-refractivity contribution is 6.22. The van der Waals surface area contributed by atoms with Crippen molar-refractivity contribution in [3.8, 4) is 45.5 Å². The Bertz CT molecular complexity index is 2920. The first-order chi connectivity index (χ1) is 26.8. The third-order valence-corrected chi connectivity index (χ3v) is 10.4. The van der Waals surface area contributed by atoms with Crippen LogP contribution in [0.4, 0.5) is 0 Å². The van der Waals surface area contributed by atoms with E-state index >= 15 is 0 Å². The first-order valence-electron chi connectivity index (χ1n) is 19.5. The van der Waals surface area contributed by atoms with Gasteiger partial charge in [-0.25, -0.2) is 4.98 Å². The van der Waals surface area contributed by atoms with Crippen LogP contribution in [0.2, 0.25) is 0 Å². The van der Waals surface area contributed by atoms with E-state index in [2.05, 4.69) is 126 Å². The molecular weight excluding hydrogens is 689 g/mol. The summed E-state index contributed by atoms with van der Waals surface area (Å²) in [5.41, 5.74) is 10.8. The number of rotatable bonds is 7. The second-order valence-electron chi connectivity index (χ2n) is 17.6. The van der Waals surface area contributed by atoms with Gasteiger partial charge in [-0.05, 0) is 101 Å². The van der Waals surface area contributed by atoms with Crippen molar-refractivity contribution in [2.24, 2.45) is 10.8 Å². The van der Waals surface area contributed by atoms with Crippen LogP contribution in [0.1, 0.15) is 58.2 Å². The summed E-state index contributed by atoms with van der Waals surface area (Å²) in [4.78, 5) is 9.78. The van der Waals surface area contributed by atoms with Crippen molar-refractivity contribution in [1.82, 2.24) is 9.97 Å². The molecule has 0 saturated carbocycles. The smallest absolute Gasteiger partial charge is 0.220 e. The molecule has 0 amide bonds. The summed E-state index contributed by atoms with van der Waals surface area (Å²) in [5, 5.41) is 5.53. The first kappa shape index (κ1) is 35.5. The van der Waals surface area contributed by atoms with Crippen LogP contribution in [-0.4, -0.2) is 9.97 Å². The van der Waals surface area contributed by atoms with E-state index in [1.807, 2.05) is 48.5 Å². The van der Waals surface area contributed by atoms with Gasteiger partial charge in [0, 0.05) is 50.7 Å². The lowest BCUT2D eigenvalue weighted by Crippen LogP contribution is -2.08. The lowest BCUT2D eigenvalue weighted by molar-refractivity contribution is 0.411. The van der Waals surface area contributed by atoms with Gasteiger partial charge < -0.3 is 13.6 Å². The van der Waals surface area contributed by atoms with Gasteiger partial charge in [-0.15, -0.1) is 0 Å². The minimum absolute atomic E-state index is 0.151. The number of nitrogens with zero attached hydrogens (tertiary/aromatic N) is 2. The molecule has 9 rings (SSSR count). The summed E-state index contributed by atoms with van der Waals surface area (Å²) in [6.45, 7) is 15.7. The molecule has 278 valence electrons. The van der Waals surface area contributed by atoms with Gasteiger partial charge in [-0.1, -0.05) is 108 Å². The van der Waals surface area contributed by atoms with Crippen molar-refractivity contribution in [3.63, 3.8) is 0 Å². The van der Waals surface area contributed by atoms with Gasteiger partial charge in [0.25, 0.3) is 0 Å². The zero-order valence-electron chi connectivity index (χ0n) is 33.2. The van der Waals surface area contributed by atoms with Crippen LogP contribution >= 0.6 is 0 Å². The van der Waals surface area contributed by atoms with Gasteiger partial charge in [-0.2, -0.15) is 0 Å². The van der Waals surface area contributed by atoms with E-state index < -0.39 is 0 Å². The molecule has 5 heteroatoms. The predicted octanol–water partition coefficient (Wildman–Crippen LogP) is 14.6. The molecule has 0 aliphatic carbocycles. The molecule has 0 aliphatic heterocycles. The highest BCUT2D eigenvalue weighted by Crippen LogP contribution is 2.44. The fraction of sp³-hybridized carbons (Fsp3) is 0.216. The van der Waals surface area contributed by atoms with Crippen LogP contribution in [0.5, 0.6) is 11.6 Å². The monoisotopic (exact) mass is 734 g/mol. The van der Waals surface area contributed by atoms with Crippen LogP contribution in [0.25, 0.3) is 77.5 Å². The van der Waals surface area contributed by atoms with E-state index in [1.54, 1.807) is 6.20 Å². The number of hydrogen-bond donors (Lipinski definition) is 0. The van der Waals surface area contributed by atoms with Crippen LogP contribution in [0.15, 0.2) is 136 Å². The molecule has 0 atom stereocenters. The number of aryl methyl sites for hydroxylation is 1. The van der Waals surface area contributed by atoms with Crippen molar-refractivity contribution in [2.45, 2.75) is 61.3 Å². The molecule has 0 unspecified atom stereocenters. The molecule has 0 spiro atoms. The lowest BCUT2D eigenvalue weighted by atomic mass is 9.88. The van der Waals surface area contributed by atoms with Crippen molar-refractivity contribution < 1.29 is 13.6 Å². The molecule has 4 heterocycles. The molecule has 0 aliphatic rings. The number of benzene rings is 5. The van der Waals surface area contributed by atoms with E-state index in [-0.39, 0.29) is 10.8 Å². The maximum absolute atomic E-state index is 6.88. The second kappa shape index (κ2) is 13.5. The number of pyridine rings is 2. The first-order valence-corrected chi connectivity index (χ1v) is 19.5. The lowest BCUT2D eigenvalue weighted by Gasteiger charge is -2.17. The fourth-order valence-corrected chi connectivity index (χ4v) is 8.05. The summed E-state index contributed by atoms with van der Waals surface area (Å²) in [6.07, 6.45) is 3.71. The summed E-state index contributed by atoms with van der Waals surface area (Å²) in [5.74, 6) is 1.90. The van der Waals surface area contributed by atoms with Crippen LogP contribution < -0.4 is 4.74 Å². The predicted molar refractivity (Wildman–Crippen MR) is 230 cm³/mol. The Morgan fingerprint density at radius 1 is 0.589 bits per heavy atom. The number of aromatic nitrogens is 2. The fourth-order valence-electron chi connectivity index (χ4n) is 8.05. The van der Waals surface area contributed by atoms with Gasteiger partial charge in [-0.3, -0.25) is 4.98 Å². The quantitative estimate of drug-likeness (QED) is 0.163. The average Bonchev–Trinajstić information content (AvgIpc) is 3.70. The van der Waals surface area contributed by atoms with Crippen LogP contribution in [0, 0.1) is 17.8 Å². The maximum atomic E-state index is 6.88. The Hall–Kier alpha value is -6.20. The zero-order valence-corrected chi connectivity index (χ0v) is 33.2. The largest absolute Gasteiger partial charge is 0.456 e. The Morgan fingerprint density at radius 2 is 1.30 bits per heavy atom. The molecule has 0 bridgehead atoms.